The van der Waals surface area contributed by atoms with Crippen LogP contribution in [0.1, 0.15) is 32.6 Å². The fourth-order valence-electron chi connectivity index (χ4n) is 1.80. The summed E-state index contributed by atoms with van der Waals surface area (Å²) in [5.41, 5.74) is 0. The monoisotopic (exact) mass is 215 g/mol. The van der Waals surface area contributed by atoms with E-state index in [4.69, 9.17) is 9.47 Å². The first-order chi connectivity index (χ1) is 7.22. The summed E-state index contributed by atoms with van der Waals surface area (Å²) in [6, 6.07) is 0. The quantitative estimate of drug-likeness (QED) is 0.729. The van der Waals surface area contributed by atoms with Gasteiger partial charge in [0.05, 0.1) is 6.61 Å². The Morgan fingerprint density at radius 3 is 2.60 bits per heavy atom. The van der Waals surface area contributed by atoms with Crippen molar-refractivity contribution in [3.63, 3.8) is 0 Å². The molecule has 0 unspecified atom stereocenters. The molecule has 1 amide bonds. The third-order valence-electron chi connectivity index (χ3n) is 2.81. The van der Waals surface area contributed by atoms with Crippen LogP contribution < -0.4 is 5.32 Å². The zero-order valence-electron chi connectivity index (χ0n) is 9.62. The number of alkyl carbamates (subject to hydrolysis) is 1. The van der Waals surface area contributed by atoms with Gasteiger partial charge in [-0.05, 0) is 31.6 Å². The molecule has 0 aromatic rings. The molecule has 1 N–H and O–H groups in total. The molecule has 15 heavy (non-hydrogen) atoms. The van der Waals surface area contributed by atoms with Gasteiger partial charge in [-0.1, -0.05) is 6.92 Å². The maximum Gasteiger partial charge on any atom is 0.407 e. The van der Waals surface area contributed by atoms with E-state index in [1.807, 2.05) is 0 Å². The van der Waals surface area contributed by atoms with Crippen molar-refractivity contribution < 1.29 is 14.3 Å². The van der Waals surface area contributed by atoms with Gasteiger partial charge in [0.25, 0.3) is 0 Å². The lowest BCUT2D eigenvalue weighted by molar-refractivity contribution is 0.0646. The number of nitrogens with one attached hydrogen (secondary N) is 1. The van der Waals surface area contributed by atoms with Gasteiger partial charge < -0.3 is 14.8 Å². The number of carbonyl (C=O) groups excluding carboxylic acids is 1. The highest BCUT2D eigenvalue weighted by molar-refractivity contribution is 5.67. The van der Waals surface area contributed by atoms with E-state index < -0.39 is 0 Å². The summed E-state index contributed by atoms with van der Waals surface area (Å²) in [5.74, 6) is 0.779. The molecule has 0 atom stereocenters. The Hall–Kier alpha value is -0.770. The third-order valence-corrected chi connectivity index (χ3v) is 2.81. The van der Waals surface area contributed by atoms with Gasteiger partial charge in [0, 0.05) is 13.7 Å². The molecule has 0 saturated heterocycles. The van der Waals surface area contributed by atoms with Gasteiger partial charge in [0.1, 0.15) is 6.10 Å². The van der Waals surface area contributed by atoms with Crippen LogP contribution >= 0.6 is 0 Å². The highest BCUT2D eigenvalue weighted by atomic mass is 16.6. The zero-order chi connectivity index (χ0) is 11.1. The summed E-state index contributed by atoms with van der Waals surface area (Å²) in [6.07, 6.45) is 4.12. The molecule has 1 fully saturated rings. The normalized spacial score (nSPS) is 26.0. The molecule has 4 heteroatoms. The fourth-order valence-corrected chi connectivity index (χ4v) is 1.80. The van der Waals surface area contributed by atoms with E-state index in [0.29, 0.717) is 13.2 Å². The number of ether oxygens (including phenoxy) is 2. The topological polar surface area (TPSA) is 47.6 Å². The summed E-state index contributed by atoms with van der Waals surface area (Å²) in [6.45, 7) is 3.28. The summed E-state index contributed by atoms with van der Waals surface area (Å²) < 4.78 is 10.1. The van der Waals surface area contributed by atoms with E-state index in [0.717, 1.165) is 31.6 Å². The molecular weight excluding hydrogens is 194 g/mol. The van der Waals surface area contributed by atoms with Gasteiger partial charge in [-0.15, -0.1) is 0 Å². The molecule has 4 nitrogen and oxygen atoms in total. The maximum atomic E-state index is 11.3. The molecule has 88 valence electrons. The van der Waals surface area contributed by atoms with Crippen molar-refractivity contribution in [2.75, 3.05) is 20.3 Å². The third kappa shape index (κ3) is 5.02. The van der Waals surface area contributed by atoms with Crippen LogP contribution in [-0.2, 0) is 9.47 Å². The summed E-state index contributed by atoms with van der Waals surface area (Å²) in [7, 11) is 1.61. The van der Waals surface area contributed by atoms with Crippen LogP contribution in [0.4, 0.5) is 4.79 Å². The number of hydrogen-bond acceptors (Lipinski definition) is 3. The Balaban J connectivity index is 2.09. The van der Waals surface area contributed by atoms with Crippen molar-refractivity contribution >= 4 is 6.09 Å². The highest BCUT2D eigenvalue weighted by Crippen LogP contribution is 2.25. The molecule has 1 saturated carbocycles. The predicted octanol–water partition coefficient (Wildman–Crippen LogP) is 1.94. The summed E-state index contributed by atoms with van der Waals surface area (Å²) in [5, 5.41) is 2.66. The molecule has 0 aromatic heterocycles. The molecule has 0 radical (unpaired) electrons. The fraction of sp³-hybridized carbons (Fsp3) is 0.909. The van der Waals surface area contributed by atoms with Crippen LogP contribution in [0.2, 0.25) is 0 Å². The average Bonchev–Trinajstić information content (AvgIpc) is 2.22. The van der Waals surface area contributed by atoms with E-state index in [1.165, 1.54) is 0 Å². The van der Waals surface area contributed by atoms with Crippen LogP contribution in [0.5, 0.6) is 0 Å². The van der Waals surface area contributed by atoms with Crippen molar-refractivity contribution in [3.05, 3.63) is 0 Å². The second-order valence-corrected chi connectivity index (χ2v) is 4.21. The Morgan fingerprint density at radius 2 is 2.00 bits per heavy atom. The van der Waals surface area contributed by atoms with Crippen molar-refractivity contribution in [1.82, 2.24) is 5.32 Å². The van der Waals surface area contributed by atoms with E-state index >= 15 is 0 Å². The maximum absolute atomic E-state index is 11.3. The molecule has 1 aliphatic rings. The van der Waals surface area contributed by atoms with Crippen LogP contribution in [0.15, 0.2) is 0 Å². The Bertz CT molecular complexity index is 188. The van der Waals surface area contributed by atoms with Gasteiger partial charge in [-0.25, -0.2) is 4.79 Å². The van der Waals surface area contributed by atoms with Crippen molar-refractivity contribution in [3.8, 4) is 0 Å². The standard InChI is InChI=1S/C11H21NO3/c1-9-3-5-10(6-4-9)15-11(13)12-7-8-14-2/h9-10H,3-8H2,1-2H3,(H,12,13). The highest BCUT2D eigenvalue weighted by Gasteiger charge is 2.21. The summed E-state index contributed by atoms with van der Waals surface area (Å²) in [4.78, 5) is 11.3. The Morgan fingerprint density at radius 1 is 1.33 bits per heavy atom. The molecule has 0 aromatic carbocycles. The summed E-state index contributed by atoms with van der Waals surface area (Å²) >= 11 is 0. The molecular formula is C11H21NO3. The van der Waals surface area contributed by atoms with Gasteiger partial charge >= 0.3 is 6.09 Å². The minimum Gasteiger partial charge on any atom is -0.446 e. The SMILES string of the molecule is COCCNC(=O)OC1CCC(C)CC1. The minimum absolute atomic E-state index is 0.115. The lowest BCUT2D eigenvalue weighted by Gasteiger charge is -2.25. The number of hydrogen-bond donors (Lipinski definition) is 1. The lowest BCUT2D eigenvalue weighted by atomic mass is 9.89. The number of carbonyl (C=O) groups is 1. The van der Waals surface area contributed by atoms with Gasteiger partial charge in [-0.3, -0.25) is 0 Å². The molecule has 0 bridgehead atoms. The first kappa shape index (κ1) is 12.3. The Labute approximate surface area is 91.3 Å². The van der Waals surface area contributed by atoms with Crippen molar-refractivity contribution in [1.29, 1.82) is 0 Å². The molecule has 0 heterocycles. The predicted molar refractivity (Wildman–Crippen MR) is 57.8 cm³/mol. The second kappa shape index (κ2) is 6.67. The lowest BCUT2D eigenvalue weighted by Crippen LogP contribution is -2.32. The van der Waals surface area contributed by atoms with E-state index in [1.54, 1.807) is 7.11 Å². The van der Waals surface area contributed by atoms with Gasteiger partial charge in [-0.2, -0.15) is 0 Å². The van der Waals surface area contributed by atoms with Gasteiger partial charge in [0.2, 0.25) is 0 Å². The van der Waals surface area contributed by atoms with Gasteiger partial charge in [0.15, 0.2) is 0 Å². The van der Waals surface area contributed by atoms with Crippen LogP contribution in [0.3, 0.4) is 0 Å². The zero-order valence-corrected chi connectivity index (χ0v) is 9.62. The van der Waals surface area contributed by atoms with E-state index in [-0.39, 0.29) is 12.2 Å². The van der Waals surface area contributed by atoms with Crippen LogP contribution in [0.25, 0.3) is 0 Å². The van der Waals surface area contributed by atoms with Crippen LogP contribution in [-0.4, -0.2) is 32.5 Å². The van der Waals surface area contributed by atoms with Crippen LogP contribution in [0, 0.1) is 5.92 Å². The van der Waals surface area contributed by atoms with Crippen molar-refractivity contribution in [2.24, 2.45) is 5.92 Å². The molecule has 0 spiro atoms. The molecule has 1 aliphatic carbocycles. The number of amides is 1. The number of rotatable bonds is 4. The largest absolute Gasteiger partial charge is 0.446 e. The number of methoxy groups -OCH3 is 1. The van der Waals surface area contributed by atoms with Crippen molar-refractivity contribution in [2.45, 2.75) is 38.7 Å². The molecule has 1 rings (SSSR count). The smallest absolute Gasteiger partial charge is 0.407 e. The minimum atomic E-state index is -0.313. The first-order valence-corrected chi connectivity index (χ1v) is 5.65. The first-order valence-electron chi connectivity index (χ1n) is 5.65. The second-order valence-electron chi connectivity index (χ2n) is 4.21. The van der Waals surface area contributed by atoms with E-state index in [2.05, 4.69) is 12.2 Å². The Kier molecular flexibility index (Phi) is 5.47. The molecule has 0 aliphatic heterocycles. The average molecular weight is 215 g/mol. The van der Waals surface area contributed by atoms with E-state index in [9.17, 15) is 4.79 Å².